The lowest BCUT2D eigenvalue weighted by Gasteiger charge is -2.41. The Kier molecular flexibility index (Phi) is 2.45. The number of carbonyl (C=O) groups excluding carboxylic acids is 1. The van der Waals surface area contributed by atoms with E-state index >= 15 is 0 Å². The number of rotatable bonds is 0. The molecule has 1 amide bonds. The zero-order valence-electron chi connectivity index (χ0n) is 8.96. The summed E-state index contributed by atoms with van der Waals surface area (Å²) in [4.78, 5) is 13.8. The van der Waals surface area contributed by atoms with E-state index in [4.69, 9.17) is 11.6 Å². The quantitative estimate of drug-likeness (QED) is 0.733. The molecule has 1 atom stereocenters. The number of piperazine rings is 1. The van der Waals surface area contributed by atoms with Gasteiger partial charge in [-0.1, -0.05) is 11.6 Å². The monoisotopic (exact) mass is 255 g/mol. The van der Waals surface area contributed by atoms with Crippen LogP contribution < -0.4 is 15.5 Å². The molecule has 1 aromatic rings. The molecule has 1 unspecified atom stereocenters. The Labute approximate surface area is 103 Å². The Morgan fingerprint density at radius 2 is 2.29 bits per heavy atom. The van der Waals surface area contributed by atoms with Crippen molar-refractivity contribution in [2.75, 3.05) is 29.9 Å². The lowest BCUT2D eigenvalue weighted by molar-refractivity contribution is -0.117. The van der Waals surface area contributed by atoms with Gasteiger partial charge in [-0.05, 0) is 6.07 Å². The van der Waals surface area contributed by atoms with E-state index in [1.54, 1.807) is 6.07 Å². The third-order valence-corrected chi connectivity index (χ3v) is 3.44. The Morgan fingerprint density at radius 3 is 3.12 bits per heavy atom. The summed E-state index contributed by atoms with van der Waals surface area (Å²) in [7, 11) is 0. The standard InChI is InChI=1S/C11H11ClFN3O/c12-6-3-9-8(4-7(6)13)15-11(17)10-5-14-1-2-16(9)10/h3-4,10,14H,1-2,5H2,(H,15,17). The minimum Gasteiger partial charge on any atom is -0.355 e. The number of nitrogens with zero attached hydrogens (tertiary/aromatic N) is 1. The molecule has 1 fully saturated rings. The third-order valence-electron chi connectivity index (χ3n) is 3.15. The van der Waals surface area contributed by atoms with Crippen LogP contribution in [-0.4, -0.2) is 31.6 Å². The smallest absolute Gasteiger partial charge is 0.248 e. The summed E-state index contributed by atoms with van der Waals surface area (Å²) in [5, 5.41) is 5.95. The number of benzene rings is 1. The van der Waals surface area contributed by atoms with Crippen LogP contribution in [0.25, 0.3) is 0 Å². The van der Waals surface area contributed by atoms with E-state index in [0.717, 1.165) is 12.2 Å². The van der Waals surface area contributed by atoms with Gasteiger partial charge >= 0.3 is 0 Å². The normalized spacial score (nSPS) is 22.8. The van der Waals surface area contributed by atoms with E-state index < -0.39 is 5.82 Å². The van der Waals surface area contributed by atoms with Gasteiger partial charge in [-0.3, -0.25) is 4.79 Å². The van der Waals surface area contributed by atoms with Crippen molar-refractivity contribution in [1.29, 1.82) is 0 Å². The lowest BCUT2D eigenvalue weighted by Crippen LogP contribution is -2.58. The summed E-state index contributed by atoms with van der Waals surface area (Å²) in [6.45, 7) is 2.12. The number of anilines is 2. The number of hydrogen-bond donors (Lipinski definition) is 2. The number of amides is 1. The van der Waals surface area contributed by atoms with Crippen LogP contribution in [-0.2, 0) is 4.79 Å². The molecular formula is C11H11ClFN3O. The van der Waals surface area contributed by atoms with Gasteiger partial charge in [0.15, 0.2) is 0 Å². The molecule has 4 nitrogen and oxygen atoms in total. The number of carbonyl (C=O) groups is 1. The Balaban J connectivity index is 2.10. The maximum Gasteiger partial charge on any atom is 0.248 e. The second-order valence-corrected chi connectivity index (χ2v) is 4.59. The molecule has 0 radical (unpaired) electrons. The van der Waals surface area contributed by atoms with Crippen molar-refractivity contribution in [2.45, 2.75) is 6.04 Å². The van der Waals surface area contributed by atoms with Crippen molar-refractivity contribution in [2.24, 2.45) is 0 Å². The molecule has 0 saturated carbocycles. The zero-order valence-corrected chi connectivity index (χ0v) is 9.72. The van der Waals surface area contributed by atoms with Crippen LogP contribution in [0.3, 0.4) is 0 Å². The van der Waals surface area contributed by atoms with Crippen molar-refractivity contribution in [1.82, 2.24) is 5.32 Å². The summed E-state index contributed by atoms with van der Waals surface area (Å²) in [5.74, 6) is -0.620. The van der Waals surface area contributed by atoms with Crippen molar-refractivity contribution in [3.05, 3.63) is 23.0 Å². The molecule has 2 heterocycles. The first-order chi connectivity index (χ1) is 8.16. The zero-order chi connectivity index (χ0) is 12.0. The first kappa shape index (κ1) is 10.8. The molecule has 90 valence electrons. The van der Waals surface area contributed by atoms with Gasteiger partial charge in [-0.15, -0.1) is 0 Å². The van der Waals surface area contributed by atoms with Crippen LogP contribution in [0, 0.1) is 5.82 Å². The van der Waals surface area contributed by atoms with Gasteiger partial charge in [0.05, 0.1) is 16.4 Å². The second kappa shape index (κ2) is 3.85. The second-order valence-electron chi connectivity index (χ2n) is 4.19. The average molecular weight is 256 g/mol. The largest absolute Gasteiger partial charge is 0.355 e. The van der Waals surface area contributed by atoms with Gasteiger partial charge in [-0.25, -0.2) is 4.39 Å². The Morgan fingerprint density at radius 1 is 1.47 bits per heavy atom. The van der Waals surface area contributed by atoms with Crippen molar-refractivity contribution < 1.29 is 9.18 Å². The molecule has 2 aliphatic rings. The molecule has 17 heavy (non-hydrogen) atoms. The number of fused-ring (bicyclic) bond motifs is 3. The molecule has 0 bridgehead atoms. The minimum atomic E-state index is -0.515. The van der Waals surface area contributed by atoms with E-state index in [2.05, 4.69) is 10.6 Å². The molecule has 1 aromatic carbocycles. The van der Waals surface area contributed by atoms with E-state index in [1.807, 2.05) is 4.90 Å². The van der Waals surface area contributed by atoms with E-state index in [9.17, 15) is 9.18 Å². The van der Waals surface area contributed by atoms with Crippen molar-refractivity contribution in [3.8, 4) is 0 Å². The van der Waals surface area contributed by atoms with Gasteiger partial charge in [0, 0.05) is 25.7 Å². The van der Waals surface area contributed by atoms with Gasteiger partial charge in [0.1, 0.15) is 11.9 Å². The van der Waals surface area contributed by atoms with Crippen LogP contribution in [0.15, 0.2) is 12.1 Å². The first-order valence-corrected chi connectivity index (χ1v) is 5.82. The van der Waals surface area contributed by atoms with Gasteiger partial charge in [0.2, 0.25) is 5.91 Å². The predicted octanol–water partition coefficient (Wildman–Crippen LogP) is 1.21. The van der Waals surface area contributed by atoms with Crippen LogP contribution in [0.5, 0.6) is 0 Å². The maximum absolute atomic E-state index is 13.3. The highest BCUT2D eigenvalue weighted by atomic mass is 35.5. The van der Waals surface area contributed by atoms with Crippen LogP contribution in [0.1, 0.15) is 0 Å². The molecule has 3 rings (SSSR count). The average Bonchev–Trinajstić information content (AvgIpc) is 2.32. The van der Waals surface area contributed by atoms with E-state index in [-0.39, 0.29) is 17.0 Å². The highest BCUT2D eigenvalue weighted by molar-refractivity contribution is 6.31. The summed E-state index contributed by atoms with van der Waals surface area (Å²) in [6.07, 6.45) is 0. The fraction of sp³-hybridized carbons (Fsp3) is 0.364. The highest BCUT2D eigenvalue weighted by Crippen LogP contribution is 2.36. The summed E-state index contributed by atoms with van der Waals surface area (Å²) in [5.41, 5.74) is 1.29. The fourth-order valence-corrected chi connectivity index (χ4v) is 2.47. The van der Waals surface area contributed by atoms with Crippen LogP contribution in [0.2, 0.25) is 5.02 Å². The van der Waals surface area contributed by atoms with Crippen LogP contribution in [0.4, 0.5) is 15.8 Å². The topological polar surface area (TPSA) is 44.4 Å². The molecule has 0 aromatic heterocycles. The highest BCUT2D eigenvalue weighted by Gasteiger charge is 2.35. The lowest BCUT2D eigenvalue weighted by atomic mass is 10.1. The van der Waals surface area contributed by atoms with Gasteiger partial charge in [-0.2, -0.15) is 0 Å². The molecule has 0 aliphatic carbocycles. The minimum absolute atomic E-state index is 0.0807. The van der Waals surface area contributed by atoms with Crippen molar-refractivity contribution in [3.63, 3.8) is 0 Å². The predicted molar refractivity (Wildman–Crippen MR) is 64.0 cm³/mol. The van der Waals surface area contributed by atoms with E-state index in [1.165, 1.54) is 6.07 Å². The van der Waals surface area contributed by atoms with Gasteiger partial charge in [0.25, 0.3) is 0 Å². The maximum atomic E-state index is 13.3. The molecular weight excluding hydrogens is 245 g/mol. The molecule has 1 saturated heterocycles. The number of halogens is 2. The molecule has 6 heteroatoms. The summed E-state index contributed by atoms with van der Waals surface area (Å²) < 4.78 is 13.3. The van der Waals surface area contributed by atoms with E-state index in [0.29, 0.717) is 18.8 Å². The summed E-state index contributed by atoms with van der Waals surface area (Å²) >= 11 is 5.78. The Hall–Kier alpha value is -1.33. The van der Waals surface area contributed by atoms with Crippen molar-refractivity contribution >= 4 is 28.9 Å². The molecule has 2 aliphatic heterocycles. The van der Waals surface area contributed by atoms with Crippen LogP contribution >= 0.6 is 11.6 Å². The fourth-order valence-electron chi connectivity index (χ4n) is 2.32. The number of nitrogens with one attached hydrogen (secondary N) is 2. The SMILES string of the molecule is O=C1Nc2cc(F)c(Cl)cc2N2CCNCC12. The van der Waals surface area contributed by atoms with Gasteiger partial charge < -0.3 is 15.5 Å². The Bertz CT molecular complexity index is 494. The first-order valence-electron chi connectivity index (χ1n) is 5.44. The molecule has 2 N–H and O–H groups in total. The summed E-state index contributed by atoms with van der Waals surface area (Å²) in [6, 6.07) is 2.61. The number of hydrogen-bond acceptors (Lipinski definition) is 3. The molecule has 0 spiro atoms. The third kappa shape index (κ3) is 1.66.